The van der Waals surface area contributed by atoms with Crippen LogP contribution in [0.2, 0.25) is 0 Å². The third kappa shape index (κ3) is 4.10. The fraction of sp³-hybridized carbons (Fsp3) is 0.560. The Morgan fingerprint density at radius 1 is 1.16 bits per heavy atom. The van der Waals surface area contributed by atoms with E-state index < -0.39 is 5.41 Å². The van der Waals surface area contributed by atoms with Gasteiger partial charge in [0.05, 0.1) is 5.41 Å². The SMILES string of the molecule is Cc1cc(N(C)C)nc([C@@]2(C)CCCN(C(=O)C3(c4ccccc4F)CCOCC3)C2)n1. The summed E-state index contributed by atoms with van der Waals surface area (Å²) >= 11 is 0. The Morgan fingerprint density at radius 2 is 1.88 bits per heavy atom. The molecule has 0 unspecified atom stereocenters. The number of piperidine rings is 1. The van der Waals surface area contributed by atoms with E-state index in [1.807, 2.05) is 43.0 Å². The molecule has 1 aromatic carbocycles. The number of hydrogen-bond acceptors (Lipinski definition) is 5. The molecule has 172 valence electrons. The molecule has 0 N–H and O–H groups in total. The lowest BCUT2D eigenvalue weighted by Crippen LogP contribution is -2.55. The van der Waals surface area contributed by atoms with Crippen LogP contribution in [0, 0.1) is 12.7 Å². The van der Waals surface area contributed by atoms with Crippen LogP contribution in [0.15, 0.2) is 30.3 Å². The van der Waals surface area contributed by atoms with E-state index in [-0.39, 0.29) is 17.1 Å². The van der Waals surface area contributed by atoms with Crippen LogP contribution >= 0.6 is 0 Å². The molecule has 1 amide bonds. The van der Waals surface area contributed by atoms with Crippen molar-refractivity contribution in [2.45, 2.75) is 50.4 Å². The molecule has 0 saturated carbocycles. The van der Waals surface area contributed by atoms with Crippen LogP contribution in [-0.2, 0) is 20.4 Å². The number of aromatic nitrogens is 2. The molecule has 2 fully saturated rings. The second kappa shape index (κ2) is 8.77. The number of rotatable bonds is 4. The lowest BCUT2D eigenvalue weighted by Gasteiger charge is -2.45. The summed E-state index contributed by atoms with van der Waals surface area (Å²) in [5, 5.41) is 0. The van der Waals surface area contributed by atoms with E-state index >= 15 is 0 Å². The fourth-order valence-corrected chi connectivity index (χ4v) is 5.12. The second-order valence-electron chi connectivity index (χ2n) is 9.65. The minimum absolute atomic E-state index is 0.00249. The number of nitrogens with zero attached hydrogens (tertiary/aromatic N) is 4. The molecule has 4 rings (SSSR count). The Kier molecular flexibility index (Phi) is 6.21. The van der Waals surface area contributed by atoms with E-state index in [4.69, 9.17) is 14.7 Å². The largest absolute Gasteiger partial charge is 0.381 e. The van der Waals surface area contributed by atoms with Gasteiger partial charge in [-0.2, -0.15) is 0 Å². The number of carbonyl (C=O) groups excluding carboxylic acids is 1. The normalized spacial score (nSPS) is 23.1. The van der Waals surface area contributed by atoms with E-state index in [0.717, 1.165) is 30.2 Å². The highest BCUT2D eigenvalue weighted by Gasteiger charge is 2.48. The Bertz CT molecular complexity index is 990. The molecular formula is C25H33FN4O2. The quantitative estimate of drug-likeness (QED) is 0.727. The zero-order chi connectivity index (χ0) is 22.9. The molecule has 0 bridgehead atoms. The minimum atomic E-state index is -0.885. The van der Waals surface area contributed by atoms with Gasteiger partial charge in [-0.15, -0.1) is 0 Å². The van der Waals surface area contributed by atoms with Crippen molar-refractivity contribution in [1.29, 1.82) is 0 Å². The lowest BCUT2D eigenvalue weighted by atomic mass is 9.71. The van der Waals surface area contributed by atoms with Crippen LogP contribution in [0.1, 0.15) is 49.7 Å². The lowest BCUT2D eigenvalue weighted by molar-refractivity contribution is -0.143. The van der Waals surface area contributed by atoms with Gasteiger partial charge in [-0.3, -0.25) is 4.79 Å². The summed E-state index contributed by atoms with van der Waals surface area (Å²) in [4.78, 5) is 27.5. The predicted octanol–water partition coefficient (Wildman–Crippen LogP) is 3.62. The van der Waals surface area contributed by atoms with Crippen molar-refractivity contribution in [3.05, 3.63) is 53.2 Å². The monoisotopic (exact) mass is 440 g/mol. The van der Waals surface area contributed by atoms with Crippen LogP contribution in [0.4, 0.5) is 10.2 Å². The van der Waals surface area contributed by atoms with E-state index in [2.05, 4.69) is 6.92 Å². The third-order valence-corrected chi connectivity index (χ3v) is 6.97. The van der Waals surface area contributed by atoms with E-state index in [1.54, 1.807) is 12.1 Å². The summed E-state index contributed by atoms with van der Waals surface area (Å²) in [6, 6.07) is 8.66. The molecule has 7 heteroatoms. The topological polar surface area (TPSA) is 58.6 Å². The van der Waals surface area contributed by atoms with E-state index in [1.165, 1.54) is 6.07 Å². The summed E-state index contributed by atoms with van der Waals surface area (Å²) in [5.41, 5.74) is 0.161. The summed E-state index contributed by atoms with van der Waals surface area (Å²) in [6.45, 7) is 6.22. The summed E-state index contributed by atoms with van der Waals surface area (Å²) in [7, 11) is 3.93. The maximum absolute atomic E-state index is 14.9. The fourth-order valence-electron chi connectivity index (χ4n) is 5.12. The first-order valence-corrected chi connectivity index (χ1v) is 11.4. The molecule has 2 saturated heterocycles. The maximum Gasteiger partial charge on any atom is 0.233 e. The molecule has 0 radical (unpaired) electrons. The van der Waals surface area contributed by atoms with Crippen LogP contribution in [-0.4, -0.2) is 61.2 Å². The number of anilines is 1. The molecule has 6 nitrogen and oxygen atoms in total. The van der Waals surface area contributed by atoms with E-state index in [9.17, 15) is 9.18 Å². The van der Waals surface area contributed by atoms with Crippen LogP contribution < -0.4 is 4.90 Å². The molecular weight excluding hydrogens is 407 g/mol. The first-order valence-electron chi connectivity index (χ1n) is 11.4. The highest BCUT2D eigenvalue weighted by molar-refractivity contribution is 5.88. The number of halogens is 1. The molecule has 1 aromatic heterocycles. The first kappa shape index (κ1) is 22.6. The zero-order valence-electron chi connectivity index (χ0n) is 19.5. The third-order valence-electron chi connectivity index (χ3n) is 6.97. The van der Waals surface area contributed by atoms with Gasteiger partial charge in [0.15, 0.2) is 0 Å². The van der Waals surface area contributed by atoms with Crippen LogP contribution in [0.3, 0.4) is 0 Å². The van der Waals surface area contributed by atoms with E-state index in [0.29, 0.717) is 44.7 Å². The highest BCUT2D eigenvalue weighted by atomic mass is 19.1. The highest BCUT2D eigenvalue weighted by Crippen LogP contribution is 2.41. The second-order valence-corrected chi connectivity index (χ2v) is 9.65. The van der Waals surface area contributed by atoms with Gasteiger partial charge >= 0.3 is 0 Å². The number of amides is 1. The van der Waals surface area contributed by atoms with Gasteiger partial charge in [0, 0.05) is 63.1 Å². The minimum Gasteiger partial charge on any atom is -0.381 e. The average Bonchev–Trinajstić information content (AvgIpc) is 2.79. The summed E-state index contributed by atoms with van der Waals surface area (Å²) in [6.07, 6.45) is 2.75. The molecule has 2 aliphatic heterocycles. The van der Waals surface area contributed by atoms with Crippen molar-refractivity contribution in [2.75, 3.05) is 45.3 Å². The molecule has 0 aliphatic carbocycles. The Labute approximate surface area is 189 Å². The van der Waals surface area contributed by atoms with Crippen molar-refractivity contribution in [3.8, 4) is 0 Å². The zero-order valence-corrected chi connectivity index (χ0v) is 19.5. The van der Waals surface area contributed by atoms with Crippen molar-refractivity contribution in [1.82, 2.24) is 14.9 Å². The van der Waals surface area contributed by atoms with Gasteiger partial charge in [0.25, 0.3) is 0 Å². The van der Waals surface area contributed by atoms with Crippen molar-refractivity contribution in [2.24, 2.45) is 0 Å². The number of likely N-dealkylation sites (tertiary alicyclic amines) is 1. The van der Waals surface area contributed by atoms with Gasteiger partial charge in [-0.05, 0) is 38.7 Å². The van der Waals surface area contributed by atoms with Gasteiger partial charge in [0.2, 0.25) is 5.91 Å². The number of carbonyl (C=O) groups is 1. The molecule has 2 aromatic rings. The average molecular weight is 441 g/mol. The van der Waals surface area contributed by atoms with Crippen LogP contribution in [0.25, 0.3) is 0 Å². The summed E-state index contributed by atoms with van der Waals surface area (Å²) < 4.78 is 20.5. The Hall–Kier alpha value is -2.54. The smallest absolute Gasteiger partial charge is 0.233 e. The molecule has 1 atom stereocenters. The maximum atomic E-state index is 14.9. The standard InChI is InChI=1S/C25H33FN4O2/c1-18-16-21(29(3)4)28-22(27-18)24(2)10-7-13-30(17-24)23(31)25(11-14-32-15-12-25)19-8-5-6-9-20(19)26/h5-6,8-9,16H,7,10-15,17H2,1-4H3/t24-/m0/s1. The number of ether oxygens (including phenoxy) is 1. The van der Waals surface area contributed by atoms with Gasteiger partial charge < -0.3 is 14.5 Å². The number of aryl methyl sites for hydroxylation is 1. The molecule has 3 heterocycles. The molecule has 32 heavy (non-hydrogen) atoms. The van der Waals surface area contributed by atoms with Gasteiger partial charge in [-0.25, -0.2) is 14.4 Å². The number of hydrogen-bond donors (Lipinski definition) is 0. The van der Waals surface area contributed by atoms with Gasteiger partial charge in [0.1, 0.15) is 17.5 Å². The molecule has 0 spiro atoms. The van der Waals surface area contributed by atoms with Gasteiger partial charge in [-0.1, -0.05) is 25.1 Å². The van der Waals surface area contributed by atoms with Crippen molar-refractivity contribution in [3.63, 3.8) is 0 Å². The molecule has 2 aliphatic rings. The predicted molar refractivity (Wildman–Crippen MR) is 122 cm³/mol. The first-order chi connectivity index (χ1) is 15.2. The summed E-state index contributed by atoms with van der Waals surface area (Å²) in [5.74, 6) is 1.31. The van der Waals surface area contributed by atoms with Crippen LogP contribution in [0.5, 0.6) is 0 Å². The van der Waals surface area contributed by atoms with Crippen molar-refractivity contribution < 1.29 is 13.9 Å². The van der Waals surface area contributed by atoms with Crippen molar-refractivity contribution >= 4 is 11.7 Å². The number of benzene rings is 1. The Morgan fingerprint density at radius 3 is 2.56 bits per heavy atom. The Balaban J connectivity index is 1.68.